The summed E-state index contributed by atoms with van der Waals surface area (Å²) >= 11 is 0. The quantitative estimate of drug-likeness (QED) is 0.797. The first kappa shape index (κ1) is 15.9. The summed E-state index contributed by atoms with van der Waals surface area (Å²) in [6.45, 7) is 0. The average molecular weight is 336 g/mol. The van der Waals surface area contributed by atoms with E-state index in [0.717, 1.165) is 12.5 Å². The highest BCUT2D eigenvalue weighted by molar-refractivity contribution is 7.86. The molecule has 1 aromatic rings. The van der Waals surface area contributed by atoms with Gasteiger partial charge in [0.2, 0.25) is 0 Å². The number of hydrogen-bond donors (Lipinski definition) is 1. The van der Waals surface area contributed by atoms with Crippen molar-refractivity contribution >= 4 is 10.8 Å². The number of hydrogen-bond acceptors (Lipinski definition) is 2. The van der Waals surface area contributed by atoms with Crippen LogP contribution in [0.15, 0.2) is 18.2 Å². The number of aliphatic hydroxyl groups is 1. The molecule has 1 aromatic carbocycles. The smallest absolute Gasteiger partial charge is 0.385 e. The van der Waals surface area contributed by atoms with Gasteiger partial charge in [0.05, 0.1) is 11.2 Å². The first-order valence-corrected chi connectivity index (χ1v) is 8.48. The molecule has 0 amide bonds. The van der Waals surface area contributed by atoms with Crippen molar-refractivity contribution in [1.29, 1.82) is 0 Å². The van der Waals surface area contributed by atoms with Gasteiger partial charge in [-0.05, 0) is 31.7 Å². The van der Waals surface area contributed by atoms with Crippen LogP contribution in [0.1, 0.15) is 43.2 Å². The minimum absolute atomic E-state index is 0.0499. The van der Waals surface area contributed by atoms with E-state index in [1.807, 2.05) is 0 Å². The summed E-state index contributed by atoms with van der Waals surface area (Å²) in [7, 11) is -1.09. The molecule has 2 heterocycles. The Bertz CT molecular complexity index is 598. The van der Waals surface area contributed by atoms with Crippen molar-refractivity contribution in [1.82, 2.24) is 0 Å². The van der Waals surface area contributed by atoms with Crippen LogP contribution in [0.25, 0.3) is 0 Å². The second-order valence-electron chi connectivity index (χ2n) is 6.11. The Kier molecular flexibility index (Phi) is 3.84. The van der Waals surface area contributed by atoms with Crippen LogP contribution in [0.2, 0.25) is 0 Å². The van der Waals surface area contributed by atoms with Gasteiger partial charge >= 0.3 is 6.18 Å². The summed E-state index contributed by atoms with van der Waals surface area (Å²) in [5, 5.41) is 10.3. The largest absolute Gasteiger partial charge is 0.419 e. The fourth-order valence-electron chi connectivity index (χ4n) is 3.61. The van der Waals surface area contributed by atoms with Crippen molar-refractivity contribution in [2.75, 3.05) is 0 Å². The zero-order chi connectivity index (χ0) is 16.1. The Labute approximate surface area is 128 Å². The number of benzene rings is 1. The molecule has 22 heavy (non-hydrogen) atoms. The van der Waals surface area contributed by atoms with Gasteiger partial charge in [0, 0.05) is 26.9 Å². The summed E-state index contributed by atoms with van der Waals surface area (Å²) < 4.78 is 65.0. The topological polar surface area (TPSA) is 37.3 Å². The Morgan fingerprint density at radius 3 is 2.32 bits per heavy atom. The van der Waals surface area contributed by atoms with Crippen LogP contribution in [-0.4, -0.2) is 19.8 Å². The van der Waals surface area contributed by atoms with E-state index in [9.17, 15) is 26.9 Å². The highest BCUT2D eigenvalue weighted by Crippen LogP contribution is 2.46. The zero-order valence-electron chi connectivity index (χ0n) is 11.7. The number of alkyl halides is 3. The molecule has 0 radical (unpaired) electrons. The van der Waals surface area contributed by atoms with Crippen LogP contribution >= 0.6 is 0 Å². The minimum atomic E-state index is -4.80. The van der Waals surface area contributed by atoms with E-state index < -0.39 is 34.0 Å². The van der Waals surface area contributed by atoms with Crippen molar-refractivity contribution in [3.05, 3.63) is 35.1 Å². The van der Waals surface area contributed by atoms with Crippen LogP contribution in [-0.2, 0) is 22.6 Å². The number of rotatable bonds is 1. The van der Waals surface area contributed by atoms with Gasteiger partial charge in [0.15, 0.2) is 0 Å². The molecule has 2 atom stereocenters. The molecule has 2 saturated heterocycles. The van der Waals surface area contributed by atoms with E-state index in [2.05, 4.69) is 0 Å². The van der Waals surface area contributed by atoms with Crippen LogP contribution in [0, 0.1) is 5.82 Å². The zero-order valence-corrected chi connectivity index (χ0v) is 12.5. The summed E-state index contributed by atoms with van der Waals surface area (Å²) in [5.74, 6) is -1.41. The van der Waals surface area contributed by atoms with Crippen LogP contribution in [0.4, 0.5) is 17.6 Å². The molecule has 122 valence electrons. The van der Waals surface area contributed by atoms with Gasteiger partial charge in [-0.15, -0.1) is 0 Å². The van der Waals surface area contributed by atoms with E-state index in [1.165, 1.54) is 6.07 Å². The Morgan fingerprint density at radius 2 is 1.77 bits per heavy atom. The highest BCUT2D eigenvalue weighted by atomic mass is 32.2. The molecular formula is C15H16F4O2S. The molecule has 0 saturated carbocycles. The molecule has 2 fully saturated rings. The molecule has 2 unspecified atom stereocenters. The van der Waals surface area contributed by atoms with Gasteiger partial charge in [-0.3, -0.25) is 4.21 Å². The third-order valence-corrected chi connectivity index (χ3v) is 6.76. The highest BCUT2D eigenvalue weighted by Gasteiger charge is 2.48. The van der Waals surface area contributed by atoms with Crippen molar-refractivity contribution in [3.63, 3.8) is 0 Å². The number of halogens is 4. The fourth-order valence-corrected chi connectivity index (χ4v) is 5.84. The standard InChI is InChI=1S/C15H16F4O2S/c16-13-11(5-2-6-12(13)15(17,18)19)14(20)7-9-3-1-4-10(8-14)22(9)21/h2,5-6,9-10,20H,1,3-4,7-8H2. The normalized spacial score (nSPS) is 35.4. The maximum Gasteiger partial charge on any atom is 0.419 e. The van der Waals surface area contributed by atoms with Gasteiger partial charge < -0.3 is 5.11 Å². The molecule has 2 aliphatic rings. The summed E-state index contributed by atoms with van der Waals surface area (Å²) in [5.41, 5.74) is -3.36. The van der Waals surface area contributed by atoms with E-state index in [0.29, 0.717) is 18.9 Å². The van der Waals surface area contributed by atoms with Crippen molar-refractivity contribution in [3.8, 4) is 0 Å². The van der Waals surface area contributed by atoms with Gasteiger partial charge in [0.1, 0.15) is 5.82 Å². The number of fused-ring (bicyclic) bond motifs is 2. The second kappa shape index (κ2) is 5.30. The van der Waals surface area contributed by atoms with E-state index in [1.54, 1.807) is 0 Å². The summed E-state index contributed by atoms with van der Waals surface area (Å²) in [4.78, 5) is 0. The predicted molar refractivity (Wildman–Crippen MR) is 74.1 cm³/mol. The monoisotopic (exact) mass is 336 g/mol. The third kappa shape index (κ3) is 2.58. The molecule has 0 spiro atoms. The van der Waals surface area contributed by atoms with Gasteiger partial charge in [-0.25, -0.2) is 4.39 Å². The molecule has 2 bridgehead atoms. The molecule has 2 aliphatic heterocycles. The maximum absolute atomic E-state index is 14.3. The van der Waals surface area contributed by atoms with Gasteiger partial charge in [0.25, 0.3) is 0 Å². The van der Waals surface area contributed by atoms with Crippen LogP contribution in [0.5, 0.6) is 0 Å². The average Bonchev–Trinajstić information content (AvgIpc) is 2.39. The lowest BCUT2D eigenvalue weighted by molar-refractivity contribution is -0.140. The molecule has 0 aromatic heterocycles. The molecular weight excluding hydrogens is 320 g/mol. The Morgan fingerprint density at radius 1 is 1.18 bits per heavy atom. The van der Waals surface area contributed by atoms with E-state index in [-0.39, 0.29) is 28.9 Å². The van der Waals surface area contributed by atoms with Crippen LogP contribution in [0.3, 0.4) is 0 Å². The fraction of sp³-hybridized carbons (Fsp3) is 0.600. The minimum Gasteiger partial charge on any atom is -0.385 e. The van der Waals surface area contributed by atoms with E-state index in [4.69, 9.17) is 0 Å². The maximum atomic E-state index is 14.3. The first-order valence-electron chi connectivity index (χ1n) is 7.20. The van der Waals surface area contributed by atoms with Crippen LogP contribution < -0.4 is 0 Å². The lowest BCUT2D eigenvalue weighted by atomic mass is 9.80. The van der Waals surface area contributed by atoms with Gasteiger partial charge in [-0.1, -0.05) is 18.6 Å². The molecule has 3 rings (SSSR count). The molecule has 2 nitrogen and oxygen atoms in total. The lowest BCUT2D eigenvalue weighted by Gasteiger charge is -2.44. The SMILES string of the molecule is O=S1C2CCCC1CC(O)(c1cccc(C(F)(F)F)c1F)C2. The van der Waals surface area contributed by atoms with Crippen molar-refractivity contribution < 1.29 is 26.9 Å². The Hall–Kier alpha value is -0.950. The predicted octanol–water partition coefficient (Wildman–Crippen LogP) is 3.50. The first-order chi connectivity index (χ1) is 10.2. The van der Waals surface area contributed by atoms with Crippen molar-refractivity contribution in [2.45, 2.75) is 54.4 Å². The van der Waals surface area contributed by atoms with E-state index >= 15 is 0 Å². The second-order valence-corrected chi connectivity index (χ2v) is 8.10. The third-order valence-electron chi connectivity index (χ3n) is 4.65. The summed E-state index contributed by atoms with van der Waals surface area (Å²) in [6.07, 6.45) is -2.49. The molecule has 7 heteroatoms. The van der Waals surface area contributed by atoms with Gasteiger partial charge in [-0.2, -0.15) is 13.2 Å². The molecule has 0 aliphatic carbocycles. The molecule has 1 N–H and O–H groups in total. The Balaban J connectivity index is 2.02. The van der Waals surface area contributed by atoms with Crippen molar-refractivity contribution in [2.24, 2.45) is 0 Å². The summed E-state index contributed by atoms with van der Waals surface area (Å²) in [6, 6.07) is 2.99. The lowest BCUT2D eigenvalue weighted by Crippen LogP contribution is -2.47.